The number of anilines is 2. The number of hydrogen-bond acceptors (Lipinski definition) is 11. The number of fused-ring (bicyclic) bond motifs is 2. The highest BCUT2D eigenvalue weighted by atomic mass is 16.6. The van der Waals surface area contributed by atoms with Crippen molar-refractivity contribution in [3.05, 3.63) is 66.9 Å². The van der Waals surface area contributed by atoms with Crippen LogP contribution in [-0.2, 0) is 16.1 Å². The molecule has 0 aliphatic carbocycles. The lowest BCUT2D eigenvalue weighted by atomic mass is 10.2. The van der Waals surface area contributed by atoms with Gasteiger partial charge in [0.1, 0.15) is 18.0 Å². The van der Waals surface area contributed by atoms with Gasteiger partial charge in [-0.2, -0.15) is 4.98 Å². The van der Waals surface area contributed by atoms with Gasteiger partial charge in [-0.3, -0.25) is 4.40 Å². The molecule has 13 heteroatoms. The second-order valence-corrected chi connectivity index (χ2v) is 12.4. The number of piperazine rings is 1. The summed E-state index contributed by atoms with van der Waals surface area (Å²) in [6.07, 6.45) is 7.19. The van der Waals surface area contributed by atoms with Crippen molar-refractivity contribution < 1.29 is 19.0 Å². The van der Waals surface area contributed by atoms with Crippen LogP contribution in [0.5, 0.6) is 6.01 Å². The predicted octanol–water partition coefficient (Wildman–Crippen LogP) is 4.21. The molecule has 2 fully saturated rings. The lowest BCUT2D eigenvalue weighted by molar-refractivity contribution is 0.0240. The van der Waals surface area contributed by atoms with Gasteiger partial charge in [0.15, 0.2) is 11.5 Å². The van der Waals surface area contributed by atoms with E-state index in [1.54, 1.807) is 11.1 Å². The molecule has 5 aromatic rings. The quantitative estimate of drug-likeness (QED) is 0.270. The zero-order valence-corrected chi connectivity index (χ0v) is 26.3. The Labute approximate surface area is 266 Å². The minimum absolute atomic E-state index is 0.203. The van der Waals surface area contributed by atoms with Gasteiger partial charge in [0.2, 0.25) is 0 Å². The lowest BCUT2D eigenvalue weighted by Gasteiger charge is -2.36. The van der Waals surface area contributed by atoms with Crippen LogP contribution in [0.2, 0.25) is 0 Å². The van der Waals surface area contributed by atoms with Gasteiger partial charge in [0.05, 0.1) is 36.3 Å². The number of morpholine rings is 1. The fourth-order valence-corrected chi connectivity index (χ4v) is 5.63. The van der Waals surface area contributed by atoms with E-state index in [0.717, 1.165) is 58.2 Å². The van der Waals surface area contributed by atoms with Gasteiger partial charge in [-0.1, -0.05) is 18.2 Å². The topological polar surface area (TPSA) is 123 Å². The van der Waals surface area contributed by atoms with Crippen molar-refractivity contribution in [1.82, 2.24) is 34.2 Å². The Morgan fingerprint density at radius 1 is 0.870 bits per heavy atom. The van der Waals surface area contributed by atoms with Crippen LogP contribution < -0.4 is 14.5 Å². The molecular weight excluding hydrogens is 586 g/mol. The summed E-state index contributed by atoms with van der Waals surface area (Å²) in [4.78, 5) is 42.1. The Bertz CT molecular complexity index is 1840. The smallest absolute Gasteiger partial charge is 0.410 e. The van der Waals surface area contributed by atoms with Gasteiger partial charge < -0.3 is 28.9 Å². The van der Waals surface area contributed by atoms with Crippen molar-refractivity contribution >= 4 is 34.3 Å². The number of amides is 1. The highest BCUT2D eigenvalue weighted by molar-refractivity contribution is 5.77. The van der Waals surface area contributed by atoms with Crippen molar-refractivity contribution in [1.29, 1.82) is 0 Å². The van der Waals surface area contributed by atoms with Gasteiger partial charge in [0.25, 0.3) is 0 Å². The van der Waals surface area contributed by atoms with Crippen molar-refractivity contribution in [3.63, 3.8) is 0 Å². The molecule has 2 saturated heterocycles. The zero-order valence-electron chi connectivity index (χ0n) is 26.3. The lowest BCUT2D eigenvalue weighted by Crippen LogP contribution is -2.50. The largest absolute Gasteiger partial charge is 0.457 e. The highest BCUT2D eigenvalue weighted by Crippen LogP contribution is 2.28. The van der Waals surface area contributed by atoms with E-state index < -0.39 is 5.60 Å². The highest BCUT2D eigenvalue weighted by Gasteiger charge is 2.26. The zero-order chi connectivity index (χ0) is 31.7. The van der Waals surface area contributed by atoms with E-state index in [1.807, 2.05) is 80.2 Å². The normalized spacial score (nSPS) is 15.8. The first-order chi connectivity index (χ1) is 22.3. The molecule has 13 nitrogen and oxygen atoms in total. The maximum absolute atomic E-state index is 12.5. The van der Waals surface area contributed by atoms with E-state index in [2.05, 4.69) is 19.8 Å². The molecule has 4 aromatic heterocycles. The Kier molecular flexibility index (Phi) is 7.99. The van der Waals surface area contributed by atoms with Crippen LogP contribution in [0.15, 0.2) is 61.2 Å². The van der Waals surface area contributed by atoms with Crippen molar-refractivity contribution in [2.24, 2.45) is 0 Å². The number of pyridine rings is 1. The van der Waals surface area contributed by atoms with Crippen LogP contribution in [0.4, 0.5) is 16.4 Å². The van der Waals surface area contributed by atoms with E-state index in [1.165, 1.54) is 0 Å². The number of hydrogen-bond donors (Lipinski definition) is 0. The van der Waals surface area contributed by atoms with E-state index >= 15 is 0 Å². The average Bonchev–Trinajstić information content (AvgIpc) is 3.51. The van der Waals surface area contributed by atoms with Crippen molar-refractivity contribution in [3.8, 4) is 17.3 Å². The molecule has 1 amide bonds. The molecule has 0 spiro atoms. The van der Waals surface area contributed by atoms with Crippen LogP contribution >= 0.6 is 0 Å². The van der Waals surface area contributed by atoms with Gasteiger partial charge >= 0.3 is 12.1 Å². The van der Waals surface area contributed by atoms with Crippen molar-refractivity contribution in [2.45, 2.75) is 33.0 Å². The Morgan fingerprint density at radius 2 is 1.67 bits per heavy atom. The second kappa shape index (κ2) is 12.4. The molecule has 0 saturated carbocycles. The minimum Gasteiger partial charge on any atom is -0.457 e. The standard InChI is InChI=1S/C33H37N9O4/c1-33(2,3)46-32(43)41-12-10-39(11-13-41)28-9-8-24(19-34-28)27-20-35-29(40-14-16-44-17-15-40)30-37-25(21-42(27)30)22-45-31-36-18-23-6-4-5-7-26(23)38-31/h4-9,18-21H,10-17,22H2,1-3H3. The molecule has 0 unspecified atom stereocenters. The number of carbonyl (C=O) groups is 1. The van der Waals surface area contributed by atoms with Crippen LogP contribution in [0.3, 0.4) is 0 Å². The third-order valence-electron chi connectivity index (χ3n) is 7.95. The number of nitrogens with zero attached hydrogens (tertiary/aromatic N) is 9. The second-order valence-electron chi connectivity index (χ2n) is 12.4. The van der Waals surface area contributed by atoms with E-state index in [9.17, 15) is 4.79 Å². The maximum Gasteiger partial charge on any atom is 0.410 e. The number of benzene rings is 1. The summed E-state index contributed by atoms with van der Waals surface area (Å²) in [5.41, 5.74) is 3.55. The van der Waals surface area contributed by atoms with Crippen LogP contribution in [-0.4, -0.2) is 98.4 Å². The van der Waals surface area contributed by atoms with Gasteiger partial charge in [-0.25, -0.2) is 24.7 Å². The van der Waals surface area contributed by atoms with E-state index in [-0.39, 0.29) is 12.7 Å². The van der Waals surface area contributed by atoms with Crippen molar-refractivity contribution in [2.75, 3.05) is 62.3 Å². The molecule has 6 heterocycles. The summed E-state index contributed by atoms with van der Waals surface area (Å²) in [5.74, 6) is 1.66. The molecule has 0 bridgehead atoms. The molecule has 2 aliphatic heterocycles. The Balaban J connectivity index is 1.11. The Morgan fingerprint density at radius 3 is 2.43 bits per heavy atom. The summed E-state index contributed by atoms with van der Waals surface area (Å²) in [6, 6.07) is 12.2. The summed E-state index contributed by atoms with van der Waals surface area (Å²) in [5, 5.41) is 0.955. The monoisotopic (exact) mass is 623 g/mol. The minimum atomic E-state index is -0.513. The fourth-order valence-electron chi connectivity index (χ4n) is 5.63. The number of ether oxygens (including phenoxy) is 3. The number of aromatic nitrogens is 6. The Hall–Kier alpha value is -5.04. The first-order valence-electron chi connectivity index (χ1n) is 15.5. The van der Waals surface area contributed by atoms with Crippen LogP contribution in [0.1, 0.15) is 26.5 Å². The number of carbonyl (C=O) groups excluding carboxylic acids is 1. The maximum atomic E-state index is 12.5. The number of imidazole rings is 1. The summed E-state index contributed by atoms with van der Waals surface area (Å²) in [6.45, 7) is 11.1. The molecule has 0 atom stereocenters. The summed E-state index contributed by atoms with van der Waals surface area (Å²) in [7, 11) is 0. The molecule has 2 aliphatic rings. The first-order valence-corrected chi connectivity index (χ1v) is 15.5. The molecule has 0 N–H and O–H groups in total. The van der Waals surface area contributed by atoms with E-state index in [0.29, 0.717) is 45.4 Å². The molecule has 7 rings (SSSR count). The average molecular weight is 624 g/mol. The molecule has 1 aromatic carbocycles. The predicted molar refractivity (Wildman–Crippen MR) is 173 cm³/mol. The first kappa shape index (κ1) is 29.7. The van der Waals surface area contributed by atoms with Gasteiger partial charge in [-0.05, 0) is 39.0 Å². The number of rotatable bonds is 6. The molecule has 0 radical (unpaired) electrons. The molecule has 46 heavy (non-hydrogen) atoms. The summed E-state index contributed by atoms with van der Waals surface area (Å²) < 4.78 is 19.2. The van der Waals surface area contributed by atoms with E-state index in [4.69, 9.17) is 29.2 Å². The SMILES string of the molecule is CC(C)(C)OC(=O)N1CCN(c2ccc(-c3cnc(N4CCOCC4)c4nc(COc5ncc6ccccc6n5)cn34)cn2)CC1. The third-order valence-corrected chi connectivity index (χ3v) is 7.95. The summed E-state index contributed by atoms with van der Waals surface area (Å²) >= 11 is 0. The molecule has 238 valence electrons. The fraction of sp³-hybridized carbons (Fsp3) is 0.394. The number of para-hydroxylation sites is 1. The van der Waals surface area contributed by atoms with Crippen LogP contribution in [0.25, 0.3) is 27.8 Å². The van der Waals surface area contributed by atoms with Gasteiger partial charge in [0, 0.05) is 68.8 Å². The molecular formula is C33H37N9O4. The third kappa shape index (κ3) is 6.36. The van der Waals surface area contributed by atoms with Crippen LogP contribution in [0, 0.1) is 0 Å². The van der Waals surface area contributed by atoms with Gasteiger partial charge in [-0.15, -0.1) is 0 Å².